The normalized spacial score (nSPS) is 18.9. The molecule has 1 N–H and O–H groups in total. The van der Waals surface area contributed by atoms with Gasteiger partial charge >= 0.3 is 0 Å². The van der Waals surface area contributed by atoms with Crippen LogP contribution in [0.2, 0.25) is 0 Å². The van der Waals surface area contributed by atoms with Gasteiger partial charge in [-0.05, 0) is 11.6 Å². The molecule has 0 aromatic heterocycles. The third-order valence-electron chi connectivity index (χ3n) is 3.38. The smallest absolute Gasteiger partial charge is 0.229 e. The van der Waals surface area contributed by atoms with Gasteiger partial charge in [0, 0.05) is 5.56 Å². The SMILES string of the molecule is O=C1CC(O)CN1c1ccccc1-c1ccccc1. The van der Waals surface area contributed by atoms with Crippen LogP contribution >= 0.6 is 0 Å². The summed E-state index contributed by atoms with van der Waals surface area (Å²) in [5, 5.41) is 9.63. The van der Waals surface area contributed by atoms with Gasteiger partial charge in [-0.2, -0.15) is 0 Å². The first-order chi connectivity index (χ1) is 9.25. The van der Waals surface area contributed by atoms with E-state index in [2.05, 4.69) is 0 Å². The molecule has 1 fully saturated rings. The summed E-state index contributed by atoms with van der Waals surface area (Å²) >= 11 is 0. The van der Waals surface area contributed by atoms with Crippen molar-refractivity contribution >= 4 is 11.6 Å². The number of anilines is 1. The summed E-state index contributed by atoms with van der Waals surface area (Å²) in [7, 11) is 0. The predicted molar refractivity (Wildman–Crippen MR) is 74.9 cm³/mol. The van der Waals surface area contributed by atoms with Crippen LogP contribution in [0.25, 0.3) is 11.1 Å². The Kier molecular flexibility index (Phi) is 3.05. The molecule has 3 rings (SSSR count). The van der Waals surface area contributed by atoms with Gasteiger partial charge in [0.25, 0.3) is 0 Å². The summed E-state index contributed by atoms with van der Waals surface area (Å²) in [6, 6.07) is 17.8. The van der Waals surface area contributed by atoms with Gasteiger partial charge < -0.3 is 10.0 Å². The average Bonchev–Trinajstić information content (AvgIpc) is 2.79. The van der Waals surface area contributed by atoms with E-state index < -0.39 is 6.10 Å². The molecule has 0 bridgehead atoms. The molecule has 2 aromatic carbocycles. The highest BCUT2D eigenvalue weighted by atomic mass is 16.3. The van der Waals surface area contributed by atoms with E-state index in [1.165, 1.54) is 0 Å². The lowest BCUT2D eigenvalue weighted by Gasteiger charge is -2.20. The van der Waals surface area contributed by atoms with Crippen molar-refractivity contribution in [3.05, 3.63) is 54.6 Å². The minimum absolute atomic E-state index is 0.0177. The highest BCUT2D eigenvalue weighted by Gasteiger charge is 2.30. The van der Waals surface area contributed by atoms with E-state index >= 15 is 0 Å². The van der Waals surface area contributed by atoms with Crippen LogP contribution < -0.4 is 4.90 Å². The number of aliphatic hydroxyl groups is 1. The molecule has 96 valence electrons. The molecule has 0 aliphatic carbocycles. The lowest BCUT2D eigenvalue weighted by molar-refractivity contribution is -0.117. The second-order valence-electron chi connectivity index (χ2n) is 4.75. The molecule has 3 nitrogen and oxygen atoms in total. The standard InChI is InChI=1S/C16H15NO2/c18-13-10-16(19)17(11-13)15-9-5-4-8-14(15)12-6-2-1-3-7-12/h1-9,13,18H,10-11H2. The quantitative estimate of drug-likeness (QED) is 0.893. The molecule has 1 aliphatic heterocycles. The second-order valence-corrected chi connectivity index (χ2v) is 4.75. The topological polar surface area (TPSA) is 40.5 Å². The van der Waals surface area contributed by atoms with Crippen molar-refractivity contribution in [1.29, 1.82) is 0 Å². The first-order valence-corrected chi connectivity index (χ1v) is 6.38. The van der Waals surface area contributed by atoms with Crippen molar-refractivity contribution in [3.63, 3.8) is 0 Å². The van der Waals surface area contributed by atoms with Crippen molar-refractivity contribution in [3.8, 4) is 11.1 Å². The number of para-hydroxylation sites is 1. The van der Waals surface area contributed by atoms with E-state index in [1.54, 1.807) is 4.90 Å². The summed E-state index contributed by atoms with van der Waals surface area (Å²) in [5.74, 6) is -0.0177. The average molecular weight is 253 g/mol. The Labute approximate surface area is 112 Å². The molecule has 1 saturated heterocycles. The summed E-state index contributed by atoms with van der Waals surface area (Å²) < 4.78 is 0. The monoisotopic (exact) mass is 253 g/mol. The van der Waals surface area contributed by atoms with Gasteiger partial charge in [-0.3, -0.25) is 4.79 Å². The van der Waals surface area contributed by atoms with Gasteiger partial charge in [0.1, 0.15) is 0 Å². The number of hydrogen-bond acceptors (Lipinski definition) is 2. The number of aliphatic hydroxyl groups excluding tert-OH is 1. The number of amides is 1. The fourth-order valence-electron chi connectivity index (χ4n) is 2.49. The van der Waals surface area contributed by atoms with E-state index in [0.717, 1.165) is 16.8 Å². The van der Waals surface area contributed by atoms with Crippen molar-refractivity contribution in [1.82, 2.24) is 0 Å². The van der Waals surface area contributed by atoms with Crippen LogP contribution in [0, 0.1) is 0 Å². The number of benzene rings is 2. The van der Waals surface area contributed by atoms with Crippen molar-refractivity contribution in [2.75, 3.05) is 11.4 Å². The zero-order valence-corrected chi connectivity index (χ0v) is 10.5. The first-order valence-electron chi connectivity index (χ1n) is 6.38. The van der Waals surface area contributed by atoms with E-state index in [1.807, 2.05) is 54.6 Å². The molecule has 0 saturated carbocycles. The van der Waals surface area contributed by atoms with Crippen LogP contribution in [0.5, 0.6) is 0 Å². The summed E-state index contributed by atoms with van der Waals surface area (Å²) in [6.45, 7) is 0.378. The molecule has 2 aromatic rings. The molecule has 1 amide bonds. The third kappa shape index (κ3) is 2.25. The van der Waals surface area contributed by atoms with E-state index in [4.69, 9.17) is 0 Å². The molecular weight excluding hydrogens is 238 g/mol. The Morgan fingerprint density at radius 1 is 1.00 bits per heavy atom. The van der Waals surface area contributed by atoms with Crippen LogP contribution in [0.15, 0.2) is 54.6 Å². The van der Waals surface area contributed by atoms with Crippen LogP contribution in [-0.4, -0.2) is 23.7 Å². The van der Waals surface area contributed by atoms with Crippen molar-refractivity contribution in [2.24, 2.45) is 0 Å². The number of carbonyl (C=O) groups is 1. The molecular formula is C16H15NO2. The van der Waals surface area contributed by atoms with E-state index in [-0.39, 0.29) is 12.3 Å². The van der Waals surface area contributed by atoms with Crippen LogP contribution in [0.3, 0.4) is 0 Å². The highest BCUT2D eigenvalue weighted by molar-refractivity contribution is 5.99. The minimum Gasteiger partial charge on any atom is -0.391 e. The van der Waals surface area contributed by atoms with E-state index in [9.17, 15) is 9.90 Å². The van der Waals surface area contributed by atoms with Gasteiger partial charge in [-0.25, -0.2) is 0 Å². The Bertz CT molecular complexity index is 595. The zero-order chi connectivity index (χ0) is 13.2. The summed E-state index contributed by atoms with van der Waals surface area (Å²) in [5.41, 5.74) is 2.97. The third-order valence-corrected chi connectivity index (χ3v) is 3.38. The molecule has 1 atom stereocenters. The molecule has 0 spiro atoms. The van der Waals surface area contributed by atoms with Gasteiger partial charge in [-0.15, -0.1) is 0 Å². The van der Waals surface area contributed by atoms with Crippen molar-refractivity contribution in [2.45, 2.75) is 12.5 Å². The number of carbonyl (C=O) groups excluding carboxylic acids is 1. The second kappa shape index (κ2) is 4.86. The minimum atomic E-state index is -0.559. The lowest BCUT2D eigenvalue weighted by atomic mass is 10.0. The largest absolute Gasteiger partial charge is 0.391 e. The fraction of sp³-hybridized carbons (Fsp3) is 0.188. The maximum Gasteiger partial charge on any atom is 0.229 e. The van der Waals surface area contributed by atoms with Gasteiger partial charge in [0.15, 0.2) is 0 Å². The Hall–Kier alpha value is -2.13. The Morgan fingerprint density at radius 2 is 1.68 bits per heavy atom. The van der Waals surface area contributed by atoms with Gasteiger partial charge in [0.2, 0.25) is 5.91 Å². The van der Waals surface area contributed by atoms with Crippen molar-refractivity contribution < 1.29 is 9.90 Å². The predicted octanol–water partition coefficient (Wildman–Crippen LogP) is 2.45. The lowest BCUT2D eigenvalue weighted by Crippen LogP contribution is -2.25. The van der Waals surface area contributed by atoms with Crippen LogP contribution in [-0.2, 0) is 4.79 Å². The van der Waals surface area contributed by atoms with Crippen LogP contribution in [0.1, 0.15) is 6.42 Å². The number of nitrogens with zero attached hydrogens (tertiary/aromatic N) is 1. The molecule has 0 radical (unpaired) electrons. The van der Waals surface area contributed by atoms with Gasteiger partial charge in [-0.1, -0.05) is 48.5 Å². The number of hydrogen-bond donors (Lipinski definition) is 1. The molecule has 19 heavy (non-hydrogen) atoms. The molecule has 1 heterocycles. The fourth-order valence-corrected chi connectivity index (χ4v) is 2.49. The van der Waals surface area contributed by atoms with E-state index in [0.29, 0.717) is 6.54 Å². The van der Waals surface area contributed by atoms with Gasteiger partial charge in [0.05, 0.1) is 24.8 Å². The number of β-amino-alcohol motifs (C(OH)–C–C–N with tert-alkyl or cyclic N) is 1. The Balaban J connectivity index is 2.06. The molecule has 1 aliphatic rings. The highest BCUT2D eigenvalue weighted by Crippen LogP contribution is 2.32. The van der Waals surface area contributed by atoms with Crippen LogP contribution in [0.4, 0.5) is 5.69 Å². The first kappa shape index (κ1) is 11.9. The maximum atomic E-state index is 11.9. The number of rotatable bonds is 2. The molecule has 1 unspecified atom stereocenters. The Morgan fingerprint density at radius 3 is 2.37 bits per heavy atom. The summed E-state index contributed by atoms with van der Waals surface area (Å²) in [6.07, 6.45) is -0.348. The maximum absolute atomic E-state index is 11.9. The zero-order valence-electron chi connectivity index (χ0n) is 10.5. The summed E-state index contributed by atoms with van der Waals surface area (Å²) in [4.78, 5) is 13.6. The molecule has 3 heteroatoms.